The largest absolute Gasteiger partial charge is 0.372 e. The Kier molecular flexibility index (Phi) is 3.96. The van der Waals surface area contributed by atoms with E-state index in [-0.39, 0.29) is 16.6 Å². The fourth-order valence-corrected chi connectivity index (χ4v) is 6.51. The average molecular weight is 440 g/mol. The third-order valence-electron chi connectivity index (χ3n) is 8.47. The second kappa shape index (κ2) is 6.73. The number of carbonyl (C=O) groups is 1. The lowest BCUT2D eigenvalue weighted by atomic mass is 9.79. The molecule has 3 aliphatic heterocycles. The predicted molar refractivity (Wildman–Crippen MR) is 128 cm³/mol. The summed E-state index contributed by atoms with van der Waals surface area (Å²) in [5.41, 5.74) is 4.14. The number of carbonyl (C=O) groups excluding carboxylic acids is 1. The minimum Gasteiger partial charge on any atom is -0.372 e. The Morgan fingerprint density at radius 1 is 0.879 bits per heavy atom. The number of anilines is 1. The van der Waals surface area contributed by atoms with Crippen LogP contribution in [0.5, 0.6) is 0 Å². The van der Waals surface area contributed by atoms with Gasteiger partial charge in [-0.05, 0) is 55.5 Å². The molecular formula is C28H29N3O2. The Labute approximate surface area is 194 Å². The van der Waals surface area contributed by atoms with Gasteiger partial charge in [0.2, 0.25) is 5.91 Å². The molecule has 0 radical (unpaired) electrons. The van der Waals surface area contributed by atoms with Crippen molar-refractivity contribution in [3.8, 4) is 5.69 Å². The van der Waals surface area contributed by atoms with Gasteiger partial charge in [-0.1, -0.05) is 42.5 Å². The van der Waals surface area contributed by atoms with Gasteiger partial charge in [-0.3, -0.25) is 4.79 Å². The first-order valence-electron chi connectivity index (χ1n) is 12.2. The first-order valence-corrected chi connectivity index (χ1v) is 12.2. The summed E-state index contributed by atoms with van der Waals surface area (Å²) in [4.78, 5) is 15.6. The second-order valence-corrected chi connectivity index (χ2v) is 10.4. The van der Waals surface area contributed by atoms with Crippen LogP contribution in [0.1, 0.15) is 43.4 Å². The average Bonchev–Trinajstić information content (AvgIpc) is 3.38. The highest BCUT2D eigenvalue weighted by molar-refractivity contribution is 5.91. The summed E-state index contributed by atoms with van der Waals surface area (Å²) in [7, 11) is 0. The van der Waals surface area contributed by atoms with Crippen LogP contribution >= 0.6 is 0 Å². The fourth-order valence-electron chi connectivity index (χ4n) is 6.51. The van der Waals surface area contributed by atoms with E-state index >= 15 is 0 Å². The molecule has 4 aliphatic rings. The minimum atomic E-state index is -0.279. The molecule has 2 aromatic carbocycles. The van der Waals surface area contributed by atoms with Gasteiger partial charge in [0.25, 0.3) is 0 Å². The lowest BCUT2D eigenvalue weighted by molar-refractivity contribution is -0.138. The van der Waals surface area contributed by atoms with Crippen molar-refractivity contribution in [1.82, 2.24) is 9.47 Å². The predicted octanol–water partition coefficient (Wildman–Crippen LogP) is 4.61. The Morgan fingerprint density at radius 3 is 2.42 bits per heavy atom. The number of benzene rings is 2. The number of likely N-dealkylation sites (tertiary alicyclic amines) is 1. The van der Waals surface area contributed by atoms with Crippen LogP contribution in [-0.2, 0) is 20.5 Å². The van der Waals surface area contributed by atoms with Crippen molar-refractivity contribution in [3.63, 3.8) is 0 Å². The van der Waals surface area contributed by atoms with E-state index in [0.717, 1.165) is 50.9 Å². The van der Waals surface area contributed by atoms with Crippen LogP contribution in [0.4, 0.5) is 5.69 Å². The highest BCUT2D eigenvalue weighted by Gasteiger charge is 2.57. The molecule has 7 rings (SSSR count). The van der Waals surface area contributed by atoms with Crippen molar-refractivity contribution in [3.05, 3.63) is 84.2 Å². The fraction of sp³-hybridized carbons (Fsp3) is 0.393. The van der Waals surface area contributed by atoms with E-state index < -0.39 is 0 Å². The summed E-state index contributed by atoms with van der Waals surface area (Å²) in [5.74, 6) is 0.315. The van der Waals surface area contributed by atoms with E-state index in [2.05, 4.69) is 69.5 Å². The standard InChI is InChI=1S/C28H29N3O2/c32-25(27(12-13-27)21-7-2-1-3-8-21)30-17-14-26(15-18-30)19-28(20-33-26)24-11-6-16-31(24)23-10-5-4-9-22(23)29-28/h1-11,16,29H,12-15,17-20H2/t28-/m1/s1. The number of rotatable bonds is 2. The smallest absolute Gasteiger partial charge is 0.233 e. The Morgan fingerprint density at radius 2 is 1.64 bits per heavy atom. The van der Waals surface area contributed by atoms with Crippen molar-refractivity contribution in [1.29, 1.82) is 0 Å². The van der Waals surface area contributed by atoms with E-state index in [9.17, 15) is 4.79 Å². The number of aromatic nitrogens is 1. The minimum absolute atomic E-state index is 0.172. The van der Waals surface area contributed by atoms with Crippen molar-refractivity contribution in [2.45, 2.75) is 48.7 Å². The number of nitrogens with one attached hydrogen (secondary N) is 1. The second-order valence-electron chi connectivity index (χ2n) is 10.4. The zero-order valence-electron chi connectivity index (χ0n) is 18.8. The summed E-state index contributed by atoms with van der Waals surface area (Å²) >= 11 is 0. The van der Waals surface area contributed by atoms with Crippen LogP contribution in [0.25, 0.3) is 5.69 Å². The first kappa shape index (κ1) is 19.4. The number of piperidine rings is 1. The topological polar surface area (TPSA) is 46.5 Å². The lowest BCUT2D eigenvalue weighted by Gasteiger charge is -2.42. The number of para-hydroxylation sites is 2. The van der Waals surface area contributed by atoms with Crippen molar-refractivity contribution in [2.24, 2.45) is 0 Å². The molecule has 33 heavy (non-hydrogen) atoms. The normalized spacial score (nSPS) is 26.0. The molecule has 1 aliphatic carbocycles. The molecule has 1 aromatic heterocycles. The van der Waals surface area contributed by atoms with Crippen LogP contribution in [0.15, 0.2) is 72.9 Å². The van der Waals surface area contributed by atoms with Gasteiger partial charge in [-0.25, -0.2) is 0 Å². The molecule has 0 bridgehead atoms. The monoisotopic (exact) mass is 439 g/mol. The van der Waals surface area contributed by atoms with Crippen LogP contribution in [0.2, 0.25) is 0 Å². The first-order chi connectivity index (χ1) is 16.1. The molecule has 1 saturated carbocycles. The zero-order chi connectivity index (χ0) is 22.1. The Balaban J connectivity index is 1.11. The van der Waals surface area contributed by atoms with Crippen LogP contribution < -0.4 is 5.32 Å². The highest BCUT2D eigenvalue weighted by Crippen LogP contribution is 2.52. The van der Waals surface area contributed by atoms with Gasteiger partial charge < -0.3 is 19.5 Å². The van der Waals surface area contributed by atoms with Gasteiger partial charge in [0.05, 0.1) is 34.7 Å². The molecule has 5 nitrogen and oxygen atoms in total. The third-order valence-corrected chi connectivity index (χ3v) is 8.47. The van der Waals surface area contributed by atoms with E-state index in [0.29, 0.717) is 12.5 Å². The highest BCUT2D eigenvalue weighted by atomic mass is 16.5. The quantitative estimate of drug-likeness (QED) is 0.634. The van der Waals surface area contributed by atoms with Gasteiger partial charge in [0, 0.05) is 25.7 Å². The number of nitrogens with zero attached hydrogens (tertiary/aromatic N) is 2. The SMILES string of the molecule is O=C(N1CCC2(CC1)C[C@]1(CO2)Nc2ccccc2-n2cccc21)C1(c2ccccc2)CC1. The maximum Gasteiger partial charge on any atom is 0.233 e. The molecule has 2 saturated heterocycles. The van der Waals surface area contributed by atoms with Crippen LogP contribution in [-0.4, -0.2) is 40.7 Å². The number of fused-ring (bicyclic) bond motifs is 4. The van der Waals surface area contributed by atoms with E-state index in [1.807, 2.05) is 18.2 Å². The van der Waals surface area contributed by atoms with Gasteiger partial charge in [-0.2, -0.15) is 0 Å². The third kappa shape index (κ3) is 2.78. The Bertz CT molecular complexity index is 1220. The van der Waals surface area contributed by atoms with Gasteiger partial charge in [-0.15, -0.1) is 0 Å². The molecule has 1 amide bonds. The lowest BCUT2D eigenvalue weighted by Crippen LogP contribution is -2.50. The van der Waals surface area contributed by atoms with E-state index in [4.69, 9.17) is 4.74 Å². The van der Waals surface area contributed by atoms with Gasteiger partial charge in [0.1, 0.15) is 5.54 Å². The summed E-state index contributed by atoms with van der Waals surface area (Å²) in [6, 6.07) is 23.2. The summed E-state index contributed by atoms with van der Waals surface area (Å²) in [5, 5.41) is 3.85. The molecule has 168 valence electrons. The molecule has 3 fully saturated rings. The number of ether oxygens (including phenoxy) is 1. The van der Waals surface area contributed by atoms with Gasteiger partial charge >= 0.3 is 0 Å². The maximum absolute atomic E-state index is 13.5. The number of hydrogen-bond donors (Lipinski definition) is 1. The zero-order valence-corrected chi connectivity index (χ0v) is 18.8. The Hall–Kier alpha value is -3.05. The molecule has 0 unspecified atom stereocenters. The molecule has 5 heteroatoms. The van der Waals surface area contributed by atoms with Crippen molar-refractivity contribution >= 4 is 11.6 Å². The number of hydrogen-bond acceptors (Lipinski definition) is 3. The summed E-state index contributed by atoms with van der Waals surface area (Å²) in [6.45, 7) is 2.22. The molecule has 4 heterocycles. The van der Waals surface area contributed by atoms with Crippen LogP contribution in [0.3, 0.4) is 0 Å². The summed E-state index contributed by atoms with van der Waals surface area (Å²) in [6.07, 6.45) is 6.82. The molecule has 2 spiro atoms. The molecular weight excluding hydrogens is 410 g/mol. The molecule has 1 N–H and O–H groups in total. The van der Waals surface area contributed by atoms with E-state index in [1.165, 1.54) is 16.9 Å². The number of amides is 1. The van der Waals surface area contributed by atoms with Crippen molar-refractivity contribution in [2.75, 3.05) is 25.0 Å². The summed E-state index contributed by atoms with van der Waals surface area (Å²) < 4.78 is 8.93. The van der Waals surface area contributed by atoms with Gasteiger partial charge in [0.15, 0.2) is 0 Å². The molecule has 1 atom stereocenters. The van der Waals surface area contributed by atoms with Crippen LogP contribution in [0, 0.1) is 0 Å². The molecule has 3 aromatic rings. The maximum atomic E-state index is 13.5. The van der Waals surface area contributed by atoms with Crippen molar-refractivity contribution < 1.29 is 9.53 Å². The van der Waals surface area contributed by atoms with E-state index in [1.54, 1.807) is 0 Å².